The van der Waals surface area contributed by atoms with E-state index in [1.165, 1.54) is 4.90 Å². The van der Waals surface area contributed by atoms with Crippen LogP contribution in [0.15, 0.2) is 0 Å². The Hall–Kier alpha value is -1.50. The molecule has 1 atom stereocenters. The van der Waals surface area contributed by atoms with Crippen molar-refractivity contribution in [2.24, 2.45) is 0 Å². The summed E-state index contributed by atoms with van der Waals surface area (Å²) < 4.78 is 10.4. The van der Waals surface area contributed by atoms with Crippen LogP contribution in [-0.2, 0) is 9.47 Å². The number of β-amino-alcohol motifs (C(OH)–C–C–N with tert-alkyl or cyclic N) is 1. The van der Waals surface area contributed by atoms with E-state index in [2.05, 4.69) is 5.32 Å². The fraction of sp³-hybridized carbons (Fsp3) is 0.867. The predicted molar refractivity (Wildman–Crippen MR) is 81.6 cm³/mol. The van der Waals surface area contributed by atoms with E-state index in [0.717, 1.165) is 0 Å². The van der Waals surface area contributed by atoms with Crippen LogP contribution in [-0.4, -0.2) is 58.6 Å². The molecule has 7 heteroatoms. The Morgan fingerprint density at radius 3 is 2.18 bits per heavy atom. The normalized spacial score (nSPS) is 22.4. The smallest absolute Gasteiger partial charge is 0.410 e. The fourth-order valence-electron chi connectivity index (χ4n) is 2.03. The molecule has 0 radical (unpaired) electrons. The SMILES string of the molecule is CC(C)(C)OC(=O)NCC1(O)CCN(C(=O)OC(C)(C)C)C1. The monoisotopic (exact) mass is 316 g/mol. The number of alkyl carbamates (subject to hydrolysis) is 1. The van der Waals surface area contributed by atoms with Crippen molar-refractivity contribution in [3.63, 3.8) is 0 Å². The molecule has 1 aliphatic heterocycles. The Labute approximate surface area is 131 Å². The second kappa shape index (κ2) is 6.32. The van der Waals surface area contributed by atoms with Crippen LogP contribution in [0.3, 0.4) is 0 Å². The van der Waals surface area contributed by atoms with Gasteiger partial charge in [0.1, 0.15) is 16.8 Å². The summed E-state index contributed by atoms with van der Waals surface area (Å²) in [5, 5.41) is 13.0. The highest BCUT2D eigenvalue weighted by Gasteiger charge is 2.40. The number of hydrogen-bond donors (Lipinski definition) is 2. The molecule has 2 amide bonds. The highest BCUT2D eigenvalue weighted by molar-refractivity contribution is 5.69. The van der Waals surface area contributed by atoms with Crippen molar-refractivity contribution < 1.29 is 24.2 Å². The van der Waals surface area contributed by atoms with Gasteiger partial charge in [0.2, 0.25) is 0 Å². The van der Waals surface area contributed by atoms with Crippen molar-refractivity contribution in [3.8, 4) is 0 Å². The maximum Gasteiger partial charge on any atom is 0.410 e. The lowest BCUT2D eigenvalue weighted by Gasteiger charge is -2.27. The second-order valence-corrected chi connectivity index (χ2v) is 7.73. The van der Waals surface area contributed by atoms with Crippen LogP contribution < -0.4 is 5.32 Å². The molecule has 0 aromatic rings. The maximum atomic E-state index is 12.0. The average Bonchev–Trinajstić information content (AvgIpc) is 2.66. The van der Waals surface area contributed by atoms with Crippen LogP contribution in [0.1, 0.15) is 48.0 Å². The molecule has 7 nitrogen and oxygen atoms in total. The summed E-state index contributed by atoms with van der Waals surface area (Å²) in [6, 6.07) is 0. The minimum absolute atomic E-state index is 0.0290. The van der Waals surface area contributed by atoms with Crippen LogP contribution in [0.4, 0.5) is 9.59 Å². The molecule has 0 spiro atoms. The topological polar surface area (TPSA) is 88.1 Å². The number of nitrogens with zero attached hydrogens (tertiary/aromatic N) is 1. The van der Waals surface area contributed by atoms with E-state index in [1.807, 2.05) is 0 Å². The largest absolute Gasteiger partial charge is 0.444 e. The van der Waals surface area contributed by atoms with Crippen LogP contribution in [0.25, 0.3) is 0 Å². The molecule has 128 valence electrons. The number of ether oxygens (including phenoxy) is 2. The zero-order valence-corrected chi connectivity index (χ0v) is 14.4. The van der Waals surface area contributed by atoms with Crippen LogP contribution in [0.2, 0.25) is 0 Å². The number of nitrogens with one attached hydrogen (secondary N) is 1. The first-order valence-electron chi connectivity index (χ1n) is 7.47. The Kier molecular flexibility index (Phi) is 5.33. The third-order valence-electron chi connectivity index (χ3n) is 2.94. The second-order valence-electron chi connectivity index (χ2n) is 7.73. The first-order chi connectivity index (χ1) is 9.80. The number of aliphatic hydroxyl groups is 1. The van der Waals surface area contributed by atoms with Gasteiger partial charge in [-0.05, 0) is 48.0 Å². The van der Waals surface area contributed by atoms with Crippen molar-refractivity contribution in [2.45, 2.75) is 64.8 Å². The van der Waals surface area contributed by atoms with Crippen molar-refractivity contribution in [1.29, 1.82) is 0 Å². The zero-order chi connectivity index (χ0) is 17.2. The molecular weight excluding hydrogens is 288 g/mol. The minimum Gasteiger partial charge on any atom is -0.444 e. The van der Waals surface area contributed by atoms with Gasteiger partial charge >= 0.3 is 12.2 Å². The van der Waals surface area contributed by atoms with E-state index in [1.54, 1.807) is 41.5 Å². The van der Waals surface area contributed by atoms with Crippen LogP contribution in [0, 0.1) is 0 Å². The van der Waals surface area contributed by atoms with Crippen LogP contribution in [0.5, 0.6) is 0 Å². The van der Waals surface area contributed by atoms with Gasteiger partial charge in [-0.25, -0.2) is 9.59 Å². The summed E-state index contributed by atoms with van der Waals surface area (Å²) in [5.74, 6) is 0. The third-order valence-corrected chi connectivity index (χ3v) is 2.94. The highest BCUT2D eigenvalue weighted by atomic mass is 16.6. The number of likely N-dealkylation sites (tertiary alicyclic amines) is 1. The fourth-order valence-corrected chi connectivity index (χ4v) is 2.03. The molecule has 1 saturated heterocycles. The highest BCUT2D eigenvalue weighted by Crippen LogP contribution is 2.23. The summed E-state index contributed by atoms with van der Waals surface area (Å²) in [6.45, 7) is 11.2. The number of carbonyl (C=O) groups excluding carboxylic acids is 2. The van der Waals surface area contributed by atoms with Gasteiger partial charge in [0, 0.05) is 6.54 Å². The van der Waals surface area contributed by atoms with Gasteiger partial charge in [0.25, 0.3) is 0 Å². The molecule has 0 bridgehead atoms. The van der Waals surface area contributed by atoms with E-state index in [0.29, 0.717) is 13.0 Å². The summed E-state index contributed by atoms with van der Waals surface area (Å²) in [7, 11) is 0. The molecule has 1 unspecified atom stereocenters. The average molecular weight is 316 g/mol. The molecule has 1 aliphatic rings. The maximum absolute atomic E-state index is 12.0. The quantitative estimate of drug-likeness (QED) is 0.812. The van der Waals surface area contributed by atoms with E-state index in [4.69, 9.17) is 9.47 Å². The standard InChI is InChI=1S/C15H28N2O5/c1-13(2,3)21-11(18)16-9-15(20)7-8-17(10-15)12(19)22-14(4,5)6/h20H,7-10H2,1-6H3,(H,16,18). The van der Waals surface area contributed by atoms with Gasteiger partial charge < -0.3 is 24.8 Å². The van der Waals surface area contributed by atoms with Gasteiger partial charge in [-0.3, -0.25) is 0 Å². The summed E-state index contributed by atoms with van der Waals surface area (Å²) in [6.07, 6.45) is -0.667. The lowest BCUT2D eigenvalue weighted by molar-refractivity contribution is 0.0127. The molecule has 2 N–H and O–H groups in total. The Balaban J connectivity index is 2.46. The van der Waals surface area contributed by atoms with E-state index in [9.17, 15) is 14.7 Å². The van der Waals surface area contributed by atoms with Gasteiger partial charge in [0.05, 0.1) is 13.1 Å². The van der Waals surface area contributed by atoms with Gasteiger partial charge in [-0.15, -0.1) is 0 Å². The minimum atomic E-state index is -1.16. The lowest BCUT2D eigenvalue weighted by Crippen LogP contribution is -2.47. The number of amides is 2. The third kappa shape index (κ3) is 6.51. The number of hydrogen-bond acceptors (Lipinski definition) is 5. The van der Waals surface area contributed by atoms with Gasteiger partial charge in [-0.2, -0.15) is 0 Å². The summed E-state index contributed by atoms with van der Waals surface area (Å²) in [4.78, 5) is 25.0. The van der Waals surface area contributed by atoms with Crippen LogP contribution >= 0.6 is 0 Å². The zero-order valence-electron chi connectivity index (χ0n) is 14.4. The van der Waals surface area contributed by atoms with Crippen molar-refractivity contribution in [1.82, 2.24) is 10.2 Å². The molecule has 1 rings (SSSR count). The predicted octanol–water partition coefficient (Wildman–Crippen LogP) is 1.88. The molecule has 1 heterocycles. The van der Waals surface area contributed by atoms with Crippen molar-refractivity contribution in [2.75, 3.05) is 19.6 Å². The Morgan fingerprint density at radius 2 is 1.68 bits per heavy atom. The molecular formula is C15H28N2O5. The Morgan fingerprint density at radius 1 is 1.14 bits per heavy atom. The number of carbonyl (C=O) groups is 2. The van der Waals surface area contributed by atoms with Gasteiger partial charge in [0.15, 0.2) is 0 Å². The molecule has 0 aromatic heterocycles. The van der Waals surface area contributed by atoms with Crippen molar-refractivity contribution in [3.05, 3.63) is 0 Å². The molecule has 1 fully saturated rings. The molecule has 22 heavy (non-hydrogen) atoms. The Bertz CT molecular complexity index is 425. The van der Waals surface area contributed by atoms with E-state index < -0.39 is 29.0 Å². The molecule has 0 aliphatic carbocycles. The molecule has 0 saturated carbocycles. The van der Waals surface area contributed by atoms with Gasteiger partial charge in [-0.1, -0.05) is 0 Å². The van der Waals surface area contributed by atoms with E-state index >= 15 is 0 Å². The molecule has 0 aromatic carbocycles. The first kappa shape index (κ1) is 18.5. The number of rotatable bonds is 2. The summed E-state index contributed by atoms with van der Waals surface area (Å²) >= 11 is 0. The summed E-state index contributed by atoms with van der Waals surface area (Å²) in [5.41, 5.74) is -2.33. The lowest BCUT2D eigenvalue weighted by atomic mass is 10.0. The first-order valence-corrected chi connectivity index (χ1v) is 7.47. The van der Waals surface area contributed by atoms with E-state index in [-0.39, 0.29) is 13.1 Å². The van der Waals surface area contributed by atoms with Crippen molar-refractivity contribution >= 4 is 12.2 Å².